The molecule has 144 valence electrons. The second-order valence-electron chi connectivity index (χ2n) is 6.30. The highest BCUT2D eigenvalue weighted by molar-refractivity contribution is 6.36. The van der Waals surface area contributed by atoms with Crippen molar-refractivity contribution in [1.29, 1.82) is 0 Å². The fourth-order valence-corrected chi connectivity index (χ4v) is 3.40. The van der Waals surface area contributed by atoms with Crippen LogP contribution in [0, 0.1) is 6.92 Å². The van der Waals surface area contributed by atoms with Gasteiger partial charge in [0.2, 0.25) is 0 Å². The Balaban J connectivity index is 1.73. The van der Waals surface area contributed by atoms with Gasteiger partial charge in [0.25, 0.3) is 11.5 Å². The van der Waals surface area contributed by atoms with Gasteiger partial charge >= 0.3 is 0 Å². The number of anilines is 1. The van der Waals surface area contributed by atoms with Crippen molar-refractivity contribution in [2.45, 2.75) is 6.92 Å². The van der Waals surface area contributed by atoms with E-state index in [-0.39, 0.29) is 11.1 Å². The van der Waals surface area contributed by atoms with Gasteiger partial charge in [0.15, 0.2) is 5.65 Å². The first-order valence-electron chi connectivity index (χ1n) is 8.65. The van der Waals surface area contributed by atoms with Crippen LogP contribution < -0.4 is 10.9 Å². The van der Waals surface area contributed by atoms with Crippen LogP contribution in [0.5, 0.6) is 0 Å². The maximum atomic E-state index is 13.0. The molecule has 0 spiro atoms. The first kappa shape index (κ1) is 19.1. The lowest BCUT2D eigenvalue weighted by molar-refractivity contribution is 0.102. The van der Waals surface area contributed by atoms with Gasteiger partial charge in [-0.3, -0.25) is 14.2 Å². The number of rotatable bonds is 3. The van der Waals surface area contributed by atoms with Crippen LogP contribution in [0.4, 0.5) is 5.69 Å². The van der Waals surface area contributed by atoms with Crippen molar-refractivity contribution in [3.05, 3.63) is 92.6 Å². The molecule has 0 unspecified atom stereocenters. The lowest BCUT2D eigenvalue weighted by Gasteiger charge is -2.12. The summed E-state index contributed by atoms with van der Waals surface area (Å²) in [6.07, 6.45) is 1.59. The maximum absolute atomic E-state index is 13.0. The molecular weight excluding hydrogens is 411 g/mol. The molecule has 0 aliphatic carbocycles. The Kier molecular flexibility index (Phi) is 5.05. The Labute approximate surface area is 175 Å². The predicted octanol–water partition coefficient (Wildman–Crippen LogP) is 4.65. The number of aromatic nitrogens is 3. The second-order valence-corrected chi connectivity index (χ2v) is 7.15. The number of carbonyl (C=O) groups excluding carboxylic acids is 1. The van der Waals surface area contributed by atoms with Gasteiger partial charge in [-0.15, -0.1) is 0 Å². The molecule has 8 heteroatoms. The lowest BCUT2D eigenvalue weighted by Crippen LogP contribution is -2.23. The highest BCUT2D eigenvalue weighted by atomic mass is 35.5. The number of halogens is 2. The molecule has 0 saturated heterocycles. The number of hydrogen-bond donors (Lipinski definition) is 1. The fraction of sp³-hybridized carbons (Fsp3) is 0.0476. The highest BCUT2D eigenvalue weighted by Crippen LogP contribution is 2.23. The quantitative estimate of drug-likeness (QED) is 0.519. The average molecular weight is 425 g/mol. The minimum atomic E-state index is -0.403. The zero-order valence-corrected chi connectivity index (χ0v) is 16.7. The van der Waals surface area contributed by atoms with Gasteiger partial charge in [0.05, 0.1) is 21.7 Å². The first-order valence-corrected chi connectivity index (χ1v) is 9.41. The number of nitrogens with one attached hydrogen (secondary N) is 1. The van der Waals surface area contributed by atoms with Crippen molar-refractivity contribution < 1.29 is 4.79 Å². The van der Waals surface area contributed by atoms with Gasteiger partial charge in [-0.2, -0.15) is 0 Å². The molecule has 0 radical (unpaired) electrons. The number of aryl methyl sites for hydroxylation is 1. The normalized spacial score (nSPS) is 10.9. The monoisotopic (exact) mass is 424 g/mol. The smallest absolute Gasteiger partial charge is 0.267 e. The van der Waals surface area contributed by atoms with Gasteiger partial charge in [0.1, 0.15) is 5.82 Å². The van der Waals surface area contributed by atoms with Crippen molar-refractivity contribution in [3.63, 3.8) is 0 Å². The number of nitrogens with zero attached hydrogens (tertiary/aromatic N) is 3. The molecule has 0 aliphatic heterocycles. The van der Waals surface area contributed by atoms with Crippen LogP contribution in [-0.2, 0) is 0 Å². The Bertz CT molecular complexity index is 1320. The van der Waals surface area contributed by atoms with Crippen molar-refractivity contribution in [2.24, 2.45) is 0 Å². The van der Waals surface area contributed by atoms with E-state index in [0.717, 1.165) is 0 Å². The van der Waals surface area contributed by atoms with Crippen LogP contribution in [0.15, 0.2) is 65.6 Å². The SMILES string of the molecule is Cc1nc2ncccc2c(=O)n1-c1cccc(NC(=O)c2cc(Cl)ccc2Cl)c1. The van der Waals surface area contributed by atoms with Crippen LogP contribution >= 0.6 is 23.2 Å². The average Bonchev–Trinajstić information content (AvgIpc) is 2.70. The Morgan fingerprint density at radius 1 is 1.07 bits per heavy atom. The molecule has 1 amide bonds. The summed E-state index contributed by atoms with van der Waals surface area (Å²) in [5, 5.41) is 3.90. The molecular formula is C21H14Cl2N4O2. The van der Waals surface area contributed by atoms with Crippen LogP contribution in [0.1, 0.15) is 16.2 Å². The largest absolute Gasteiger partial charge is 0.322 e. The number of hydrogen-bond acceptors (Lipinski definition) is 4. The summed E-state index contributed by atoms with van der Waals surface area (Å²) in [7, 11) is 0. The molecule has 1 N–H and O–H groups in total. The molecule has 0 saturated carbocycles. The number of pyridine rings is 1. The minimum Gasteiger partial charge on any atom is -0.322 e. The zero-order valence-electron chi connectivity index (χ0n) is 15.2. The summed E-state index contributed by atoms with van der Waals surface area (Å²) >= 11 is 12.1. The third-order valence-electron chi connectivity index (χ3n) is 4.35. The van der Waals surface area contributed by atoms with E-state index in [0.29, 0.717) is 38.3 Å². The maximum Gasteiger partial charge on any atom is 0.267 e. The highest BCUT2D eigenvalue weighted by Gasteiger charge is 2.14. The van der Waals surface area contributed by atoms with Gasteiger partial charge in [-0.1, -0.05) is 29.3 Å². The first-order chi connectivity index (χ1) is 13.9. The summed E-state index contributed by atoms with van der Waals surface area (Å²) in [5.74, 6) is 0.0853. The van der Waals surface area contributed by atoms with Crippen molar-refractivity contribution in [2.75, 3.05) is 5.32 Å². The predicted molar refractivity (Wildman–Crippen MR) is 114 cm³/mol. The van der Waals surface area contributed by atoms with E-state index in [4.69, 9.17) is 23.2 Å². The van der Waals surface area contributed by atoms with Crippen LogP contribution in [0.2, 0.25) is 10.0 Å². The van der Waals surface area contributed by atoms with E-state index in [1.807, 2.05) is 0 Å². The summed E-state index contributed by atoms with van der Waals surface area (Å²) in [6, 6.07) is 15.0. The molecule has 29 heavy (non-hydrogen) atoms. The molecule has 2 heterocycles. The Morgan fingerprint density at radius 2 is 1.90 bits per heavy atom. The molecule has 0 bridgehead atoms. The van der Waals surface area contributed by atoms with Gasteiger partial charge < -0.3 is 5.32 Å². The number of amides is 1. The summed E-state index contributed by atoms with van der Waals surface area (Å²) in [4.78, 5) is 34.1. The number of benzene rings is 2. The van der Waals surface area contributed by atoms with E-state index >= 15 is 0 Å². The van der Waals surface area contributed by atoms with Crippen LogP contribution in [0.25, 0.3) is 16.7 Å². The third-order valence-corrected chi connectivity index (χ3v) is 4.91. The Hall–Kier alpha value is -3.22. The molecule has 2 aromatic carbocycles. The van der Waals surface area contributed by atoms with E-state index < -0.39 is 5.91 Å². The minimum absolute atomic E-state index is 0.234. The van der Waals surface area contributed by atoms with E-state index in [1.165, 1.54) is 10.6 Å². The molecule has 0 fully saturated rings. The summed E-state index contributed by atoms with van der Waals surface area (Å²) in [6.45, 7) is 1.73. The molecule has 6 nitrogen and oxygen atoms in total. The van der Waals surface area contributed by atoms with E-state index in [2.05, 4.69) is 15.3 Å². The molecule has 0 atom stereocenters. The van der Waals surface area contributed by atoms with E-state index in [1.54, 1.807) is 61.7 Å². The number of carbonyl (C=O) groups is 1. The van der Waals surface area contributed by atoms with Crippen molar-refractivity contribution in [1.82, 2.24) is 14.5 Å². The third kappa shape index (κ3) is 3.72. The Morgan fingerprint density at radius 3 is 2.72 bits per heavy atom. The van der Waals surface area contributed by atoms with Gasteiger partial charge in [-0.25, -0.2) is 9.97 Å². The topological polar surface area (TPSA) is 76.9 Å². The van der Waals surface area contributed by atoms with Gasteiger partial charge in [0, 0.05) is 16.9 Å². The van der Waals surface area contributed by atoms with E-state index in [9.17, 15) is 9.59 Å². The standard InChI is InChI=1S/C21H14Cl2N4O2/c1-12-25-19-16(6-3-9-24-19)21(29)27(12)15-5-2-4-14(11-15)26-20(28)17-10-13(22)7-8-18(17)23/h2-11H,1H3,(H,26,28). The van der Waals surface area contributed by atoms with Crippen LogP contribution in [0.3, 0.4) is 0 Å². The van der Waals surface area contributed by atoms with Crippen LogP contribution in [-0.4, -0.2) is 20.4 Å². The van der Waals surface area contributed by atoms with Gasteiger partial charge in [-0.05, 0) is 55.5 Å². The zero-order chi connectivity index (χ0) is 20.5. The summed E-state index contributed by atoms with van der Waals surface area (Å²) in [5.41, 5.74) is 1.49. The molecule has 4 rings (SSSR count). The van der Waals surface area contributed by atoms with Crippen molar-refractivity contribution >= 4 is 45.8 Å². The summed E-state index contributed by atoms with van der Waals surface area (Å²) < 4.78 is 1.48. The lowest BCUT2D eigenvalue weighted by atomic mass is 10.2. The molecule has 2 aromatic heterocycles. The molecule has 0 aliphatic rings. The van der Waals surface area contributed by atoms with Crippen molar-refractivity contribution in [3.8, 4) is 5.69 Å². The fourth-order valence-electron chi connectivity index (χ4n) is 3.02. The molecule has 4 aromatic rings. The number of fused-ring (bicyclic) bond motifs is 1. The second kappa shape index (κ2) is 7.66.